The Morgan fingerprint density at radius 3 is 2.75 bits per heavy atom. The molecule has 0 aromatic heterocycles. The van der Waals surface area contributed by atoms with E-state index in [-0.39, 0.29) is 5.91 Å². The van der Waals surface area contributed by atoms with Crippen molar-refractivity contribution < 1.29 is 4.79 Å². The first-order chi connectivity index (χ1) is 7.67. The van der Waals surface area contributed by atoms with E-state index in [0.717, 1.165) is 6.54 Å². The van der Waals surface area contributed by atoms with Crippen LogP contribution in [-0.4, -0.2) is 23.5 Å². The van der Waals surface area contributed by atoms with Crippen LogP contribution in [-0.2, 0) is 0 Å². The van der Waals surface area contributed by atoms with E-state index >= 15 is 0 Å². The number of nitrogens with one attached hydrogen (secondary N) is 1. The fourth-order valence-corrected chi connectivity index (χ4v) is 2.36. The van der Waals surface area contributed by atoms with E-state index in [0.29, 0.717) is 16.0 Å². The molecule has 0 bridgehead atoms. The zero-order chi connectivity index (χ0) is 11.6. The van der Waals surface area contributed by atoms with Gasteiger partial charge < -0.3 is 11.1 Å². The van der Waals surface area contributed by atoms with Gasteiger partial charge in [-0.3, -0.25) is 4.79 Å². The quantitative estimate of drug-likeness (QED) is 0.785. The summed E-state index contributed by atoms with van der Waals surface area (Å²) in [6.07, 6.45) is 4.48. The molecule has 1 aromatic rings. The number of benzene rings is 1. The summed E-state index contributed by atoms with van der Waals surface area (Å²) in [6, 6.07) is 7.16. The number of nitrogen functional groups attached to an aromatic ring is 1. The van der Waals surface area contributed by atoms with E-state index < -0.39 is 0 Å². The van der Waals surface area contributed by atoms with Crippen molar-refractivity contribution in [2.45, 2.75) is 17.6 Å². The Balaban J connectivity index is 1.96. The molecule has 16 heavy (non-hydrogen) atoms. The van der Waals surface area contributed by atoms with Crippen molar-refractivity contribution in [2.75, 3.05) is 18.5 Å². The molecular weight excluding hydrogens is 220 g/mol. The van der Waals surface area contributed by atoms with Crippen molar-refractivity contribution >= 4 is 23.4 Å². The van der Waals surface area contributed by atoms with E-state index in [1.807, 2.05) is 23.9 Å². The van der Waals surface area contributed by atoms with Gasteiger partial charge in [-0.25, -0.2) is 0 Å². The molecule has 1 aliphatic rings. The molecular formula is C12H16N2OS. The first-order valence-electron chi connectivity index (χ1n) is 5.35. The third-order valence-corrected chi connectivity index (χ3v) is 4.44. The number of amides is 1. The lowest BCUT2D eigenvalue weighted by Crippen LogP contribution is -2.32. The predicted molar refractivity (Wildman–Crippen MR) is 68.7 cm³/mol. The van der Waals surface area contributed by atoms with Gasteiger partial charge >= 0.3 is 0 Å². The van der Waals surface area contributed by atoms with Gasteiger partial charge in [0.2, 0.25) is 0 Å². The highest BCUT2D eigenvalue weighted by molar-refractivity contribution is 8.00. The van der Waals surface area contributed by atoms with Crippen molar-refractivity contribution in [3.05, 3.63) is 29.8 Å². The topological polar surface area (TPSA) is 55.1 Å². The van der Waals surface area contributed by atoms with Crippen LogP contribution >= 0.6 is 11.8 Å². The second kappa shape index (κ2) is 4.37. The Bertz CT molecular complexity index is 402. The van der Waals surface area contributed by atoms with Crippen LogP contribution in [0.15, 0.2) is 24.3 Å². The first kappa shape index (κ1) is 11.3. The van der Waals surface area contributed by atoms with E-state index in [2.05, 4.69) is 11.6 Å². The van der Waals surface area contributed by atoms with Crippen LogP contribution in [0, 0.1) is 0 Å². The number of rotatable bonds is 4. The van der Waals surface area contributed by atoms with Crippen molar-refractivity contribution in [3.8, 4) is 0 Å². The number of carbonyl (C=O) groups excluding carboxylic acids is 1. The first-order valence-corrected chi connectivity index (χ1v) is 6.57. The van der Waals surface area contributed by atoms with Crippen molar-refractivity contribution in [3.63, 3.8) is 0 Å². The van der Waals surface area contributed by atoms with Gasteiger partial charge in [-0.1, -0.05) is 12.1 Å². The maximum absolute atomic E-state index is 11.9. The highest BCUT2D eigenvalue weighted by Crippen LogP contribution is 2.46. The summed E-state index contributed by atoms with van der Waals surface area (Å²) in [7, 11) is 0. The van der Waals surface area contributed by atoms with Gasteiger partial charge in [-0.05, 0) is 31.2 Å². The number of thioether (sulfide) groups is 1. The lowest BCUT2D eigenvalue weighted by molar-refractivity contribution is 0.0954. The molecule has 0 heterocycles. The average molecular weight is 236 g/mol. The van der Waals surface area contributed by atoms with Gasteiger partial charge in [0.25, 0.3) is 5.91 Å². The number of carbonyl (C=O) groups is 1. The summed E-state index contributed by atoms with van der Waals surface area (Å²) in [5, 5.41) is 2.95. The van der Waals surface area contributed by atoms with Gasteiger partial charge in [0.05, 0.1) is 5.56 Å². The Hall–Kier alpha value is -1.16. The van der Waals surface area contributed by atoms with Gasteiger partial charge in [-0.2, -0.15) is 11.8 Å². The molecule has 3 N–H and O–H groups in total. The van der Waals surface area contributed by atoms with Crippen LogP contribution in [0.2, 0.25) is 0 Å². The Labute approximate surface area is 99.8 Å². The standard InChI is InChI=1S/C12H16N2OS/c1-16-12(6-7-12)8-14-11(15)9-4-2-3-5-10(9)13/h2-5H,6-8,13H2,1H3,(H,14,15). The van der Waals surface area contributed by atoms with Gasteiger partial charge in [-0.15, -0.1) is 0 Å². The van der Waals surface area contributed by atoms with Gasteiger partial charge in [0.15, 0.2) is 0 Å². The molecule has 1 aliphatic carbocycles. The summed E-state index contributed by atoms with van der Waals surface area (Å²) in [5.41, 5.74) is 6.85. The van der Waals surface area contributed by atoms with E-state index in [1.165, 1.54) is 12.8 Å². The molecule has 1 amide bonds. The fraction of sp³-hybridized carbons (Fsp3) is 0.417. The molecule has 1 fully saturated rings. The van der Waals surface area contributed by atoms with Gasteiger partial charge in [0, 0.05) is 17.0 Å². The third-order valence-electron chi connectivity index (χ3n) is 3.02. The summed E-state index contributed by atoms with van der Waals surface area (Å²) >= 11 is 1.83. The van der Waals surface area contributed by atoms with Crippen LogP contribution in [0.3, 0.4) is 0 Å². The van der Waals surface area contributed by atoms with Crippen molar-refractivity contribution in [2.24, 2.45) is 0 Å². The summed E-state index contributed by atoms with van der Waals surface area (Å²) < 4.78 is 0.291. The van der Waals surface area contributed by atoms with Crippen LogP contribution < -0.4 is 11.1 Å². The maximum atomic E-state index is 11.9. The number of nitrogens with two attached hydrogens (primary N) is 1. The number of hydrogen-bond acceptors (Lipinski definition) is 3. The predicted octanol–water partition coefficient (Wildman–Crippen LogP) is 1.89. The molecule has 2 rings (SSSR count). The molecule has 3 nitrogen and oxygen atoms in total. The molecule has 0 radical (unpaired) electrons. The lowest BCUT2D eigenvalue weighted by atomic mass is 10.1. The Kier molecular flexibility index (Phi) is 3.10. The molecule has 1 aromatic carbocycles. The van der Waals surface area contributed by atoms with Crippen LogP contribution in [0.1, 0.15) is 23.2 Å². The largest absolute Gasteiger partial charge is 0.398 e. The summed E-state index contributed by atoms with van der Waals surface area (Å²) in [5.74, 6) is -0.0709. The average Bonchev–Trinajstić information content (AvgIpc) is 3.07. The zero-order valence-corrected chi connectivity index (χ0v) is 10.1. The minimum Gasteiger partial charge on any atom is -0.398 e. The highest BCUT2D eigenvalue weighted by atomic mass is 32.2. The molecule has 4 heteroatoms. The summed E-state index contributed by atoms with van der Waals surface area (Å²) in [6.45, 7) is 0.737. The van der Waals surface area contributed by atoms with Crippen molar-refractivity contribution in [1.82, 2.24) is 5.32 Å². The third kappa shape index (κ3) is 2.32. The monoisotopic (exact) mass is 236 g/mol. The minimum absolute atomic E-state index is 0.0709. The molecule has 1 saturated carbocycles. The minimum atomic E-state index is -0.0709. The molecule has 86 valence electrons. The molecule has 0 atom stereocenters. The molecule has 0 unspecified atom stereocenters. The number of anilines is 1. The van der Waals surface area contributed by atoms with Crippen LogP contribution in [0.4, 0.5) is 5.69 Å². The SMILES string of the molecule is CSC1(CNC(=O)c2ccccc2N)CC1. The zero-order valence-electron chi connectivity index (χ0n) is 9.32. The van der Waals surface area contributed by atoms with E-state index in [9.17, 15) is 4.79 Å². The number of para-hydroxylation sites is 1. The van der Waals surface area contributed by atoms with E-state index in [1.54, 1.807) is 12.1 Å². The van der Waals surface area contributed by atoms with Crippen molar-refractivity contribution in [1.29, 1.82) is 0 Å². The number of hydrogen-bond donors (Lipinski definition) is 2. The normalized spacial score (nSPS) is 16.8. The Morgan fingerprint density at radius 2 is 2.19 bits per heavy atom. The highest BCUT2D eigenvalue weighted by Gasteiger charge is 2.41. The Morgan fingerprint density at radius 1 is 1.50 bits per heavy atom. The van der Waals surface area contributed by atoms with Crippen LogP contribution in [0.5, 0.6) is 0 Å². The molecule has 0 spiro atoms. The second-order valence-electron chi connectivity index (χ2n) is 4.16. The van der Waals surface area contributed by atoms with Crippen LogP contribution in [0.25, 0.3) is 0 Å². The maximum Gasteiger partial charge on any atom is 0.253 e. The lowest BCUT2D eigenvalue weighted by Gasteiger charge is -2.13. The summed E-state index contributed by atoms with van der Waals surface area (Å²) in [4.78, 5) is 11.9. The van der Waals surface area contributed by atoms with E-state index in [4.69, 9.17) is 5.73 Å². The fourth-order valence-electron chi connectivity index (χ4n) is 1.63. The second-order valence-corrected chi connectivity index (χ2v) is 5.43. The van der Waals surface area contributed by atoms with Gasteiger partial charge in [0.1, 0.15) is 0 Å². The molecule has 0 saturated heterocycles. The smallest absolute Gasteiger partial charge is 0.253 e. The molecule has 0 aliphatic heterocycles.